The highest BCUT2D eigenvalue weighted by atomic mass is 16.3. The summed E-state index contributed by atoms with van der Waals surface area (Å²) in [7, 11) is 0. The van der Waals surface area contributed by atoms with Gasteiger partial charge in [-0.2, -0.15) is 0 Å². The predicted molar refractivity (Wildman–Crippen MR) is 57.5 cm³/mol. The molecule has 4 heteroatoms. The Morgan fingerprint density at radius 2 is 1.87 bits per heavy atom. The third-order valence-electron chi connectivity index (χ3n) is 3.54. The Hall–Kier alpha value is -0.610. The van der Waals surface area contributed by atoms with Crippen LogP contribution in [-0.4, -0.2) is 35.7 Å². The van der Waals surface area contributed by atoms with E-state index < -0.39 is 5.60 Å². The quantitative estimate of drug-likeness (QED) is 0.611. The van der Waals surface area contributed by atoms with Gasteiger partial charge in [0.25, 0.3) is 5.91 Å². The van der Waals surface area contributed by atoms with Gasteiger partial charge in [-0.25, -0.2) is 0 Å². The second kappa shape index (κ2) is 4.49. The summed E-state index contributed by atoms with van der Waals surface area (Å²) in [5.74, 6) is -0.157. The van der Waals surface area contributed by atoms with E-state index in [0.717, 1.165) is 25.9 Å². The summed E-state index contributed by atoms with van der Waals surface area (Å²) in [6.07, 6.45) is 5.60. The lowest BCUT2D eigenvalue weighted by Crippen LogP contribution is -2.54. The summed E-state index contributed by atoms with van der Waals surface area (Å²) < 4.78 is 0. The maximum atomic E-state index is 11.9. The monoisotopic (exact) mass is 212 g/mol. The van der Waals surface area contributed by atoms with E-state index in [1.165, 1.54) is 12.8 Å². The van der Waals surface area contributed by atoms with Crippen LogP contribution in [0.2, 0.25) is 0 Å². The number of nitrogens with one attached hydrogen (secondary N) is 2. The van der Waals surface area contributed by atoms with Gasteiger partial charge in [0.15, 0.2) is 0 Å². The van der Waals surface area contributed by atoms with Gasteiger partial charge in [0, 0.05) is 6.04 Å². The van der Waals surface area contributed by atoms with Gasteiger partial charge >= 0.3 is 0 Å². The molecule has 1 aliphatic carbocycles. The first-order valence-electron chi connectivity index (χ1n) is 5.95. The minimum atomic E-state index is -1.12. The number of piperidine rings is 1. The van der Waals surface area contributed by atoms with Gasteiger partial charge in [0.05, 0.1) is 0 Å². The van der Waals surface area contributed by atoms with Crippen LogP contribution in [0.3, 0.4) is 0 Å². The summed E-state index contributed by atoms with van der Waals surface area (Å²) >= 11 is 0. The van der Waals surface area contributed by atoms with E-state index in [4.69, 9.17) is 0 Å². The van der Waals surface area contributed by atoms with Crippen molar-refractivity contribution < 1.29 is 9.90 Å². The van der Waals surface area contributed by atoms with Crippen LogP contribution in [-0.2, 0) is 4.79 Å². The zero-order valence-electron chi connectivity index (χ0n) is 9.09. The van der Waals surface area contributed by atoms with E-state index >= 15 is 0 Å². The predicted octanol–water partition coefficient (Wildman–Crippen LogP) is 0.160. The van der Waals surface area contributed by atoms with Crippen LogP contribution in [0.25, 0.3) is 0 Å². The Balaban J connectivity index is 1.87. The molecule has 2 fully saturated rings. The number of rotatable bonds is 2. The molecule has 0 atom stereocenters. The molecule has 2 aliphatic rings. The Kier molecular flexibility index (Phi) is 3.26. The second-order valence-electron chi connectivity index (χ2n) is 4.74. The first-order valence-corrected chi connectivity index (χ1v) is 5.95. The molecule has 86 valence electrons. The smallest absolute Gasteiger partial charge is 0.252 e. The number of amides is 1. The molecule has 4 nitrogen and oxygen atoms in total. The maximum absolute atomic E-state index is 11.9. The molecule has 0 aromatic rings. The number of hydrogen-bond acceptors (Lipinski definition) is 3. The van der Waals surface area contributed by atoms with Crippen molar-refractivity contribution in [2.45, 2.75) is 50.2 Å². The van der Waals surface area contributed by atoms with Gasteiger partial charge in [-0.05, 0) is 38.8 Å². The normalized spacial score (nSPS) is 26.5. The fourth-order valence-corrected chi connectivity index (χ4v) is 2.46. The van der Waals surface area contributed by atoms with Gasteiger partial charge in [-0.3, -0.25) is 4.79 Å². The van der Waals surface area contributed by atoms with Gasteiger partial charge in [-0.15, -0.1) is 0 Å². The van der Waals surface area contributed by atoms with Crippen LogP contribution in [0.15, 0.2) is 0 Å². The van der Waals surface area contributed by atoms with E-state index in [-0.39, 0.29) is 5.91 Å². The Morgan fingerprint density at radius 3 is 2.47 bits per heavy atom. The van der Waals surface area contributed by atoms with Gasteiger partial charge < -0.3 is 15.7 Å². The van der Waals surface area contributed by atoms with Crippen LogP contribution in [0.4, 0.5) is 0 Å². The van der Waals surface area contributed by atoms with Crippen molar-refractivity contribution in [1.82, 2.24) is 10.6 Å². The molecule has 1 saturated heterocycles. The van der Waals surface area contributed by atoms with Crippen molar-refractivity contribution in [3.63, 3.8) is 0 Å². The standard InChI is InChI=1S/C11H20N2O2/c14-10(13-9-3-1-2-4-9)11(15)5-7-12-8-6-11/h9,12,15H,1-8H2,(H,13,14). The largest absolute Gasteiger partial charge is 0.380 e. The molecule has 0 unspecified atom stereocenters. The van der Waals surface area contributed by atoms with Crippen LogP contribution in [0, 0.1) is 0 Å². The summed E-state index contributed by atoms with van der Waals surface area (Å²) in [6.45, 7) is 1.46. The zero-order chi connectivity index (χ0) is 10.7. The average Bonchev–Trinajstić information content (AvgIpc) is 2.71. The van der Waals surface area contributed by atoms with Gasteiger partial charge in [0.1, 0.15) is 5.60 Å². The van der Waals surface area contributed by atoms with E-state index in [1.807, 2.05) is 0 Å². The lowest BCUT2D eigenvalue weighted by molar-refractivity contribution is -0.143. The summed E-state index contributed by atoms with van der Waals surface area (Å²) in [5.41, 5.74) is -1.12. The van der Waals surface area contributed by atoms with Crippen molar-refractivity contribution in [1.29, 1.82) is 0 Å². The van der Waals surface area contributed by atoms with Crippen molar-refractivity contribution in [2.24, 2.45) is 0 Å². The number of carbonyl (C=O) groups is 1. The third kappa shape index (κ3) is 2.49. The molecule has 1 aliphatic heterocycles. The van der Waals surface area contributed by atoms with Crippen LogP contribution in [0.1, 0.15) is 38.5 Å². The third-order valence-corrected chi connectivity index (χ3v) is 3.54. The van der Waals surface area contributed by atoms with Crippen molar-refractivity contribution in [3.8, 4) is 0 Å². The first kappa shape index (κ1) is 10.9. The molecular formula is C11H20N2O2. The molecule has 0 aromatic carbocycles. The topological polar surface area (TPSA) is 61.4 Å². The lowest BCUT2D eigenvalue weighted by atomic mass is 9.91. The number of hydrogen-bond donors (Lipinski definition) is 3. The number of carbonyl (C=O) groups excluding carboxylic acids is 1. The average molecular weight is 212 g/mol. The minimum Gasteiger partial charge on any atom is -0.380 e. The fraction of sp³-hybridized carbons (Fsp3) is 0.909. The van der Waals surface area contributed by atoms with E-state index in [2.05, 4.69) is 10.6 Å². The molecule has 3 N–H and O–H groups in total. The summed E-state index contributed by atoms with van der Waals surface area (Å²) in [5, 5.41) is 16.3. The van der Waals surface area contributed by atoms with E-state index in [1.54, 1.807) is 0 Å². The van der Waals surface area contributed by atoms with Crippen molar-refractivity contribution in [3.05, 3.63) is 0 Å². The van der Waals surface area contributed by atoms with E-state index in [0.29, 0.717) is 18.9 Å². The molecule has 0 spiro atoms. The molecule has 0 radical (unpaired) electrons. The molecule has 2 rings (SSSR count). The van der Waals surface area contributed by atoms with Crippen LogP contribution in [0.5, 0.6) is 0 Å². The summed E-state index contributed by atoms with van der Waals surface area (Å²) in [6, 6.07) is 0.302. The highest BCUT2D eigenvalue weighted by molar-refractivity contribution is 5.85. The van der Waals surface area contributed by atoms with Crippen LogP contribution >= 0.6 is 0 Å². The highest BCUT2D eigenvalue weighted by Gasteiger charge is 2.38. The Bertz CT molecular complexity index is 231. The SMILES string of the molecule is O=C(NC1CCCC1)C1(O)CCNCC1. The molecule has 1 heterocycles. The minimum absolute atomic E-state index is 0.157. The van der Waals surface area contributed by atoms with Crippen molar-refractivity contribution in [2.75, 3.05) is 13.1 Å². The first-order chi connectivity index (χ1) is 7.21. The highest BCUT2D eigenvalue weighted by Crippen LogP contribution is 2.22. The zero-order valence-corrected chi connectivity index (χ0v) is 9.09. The Labute approximate surface area is 90.4 Å². The van der Waals surface area contributed by atoms with Gasteiger partial charge in [-0.1, -0.05) is 12.8 Å². The fourth-order valence-electron chi connectivity index (χ4n) is 2.46. The van der Waals surface area contributed by atoms with Crippen LogP contribution < -0.4 is 10.6 Å². The molecular weight excluding hydrogens is 192 g/mol. The molecule has 0 aromatic heterocycles. The Morgan fingerprint density at radius 1 is 1.27 bits per heavy atom. The summed E-state index contributed by atoms with van der Waals surface area (Å²) in [4.78, 5) is 11.9. The van der Waals surface area contributed by atoms with Gasteiger partial charge in [0.2, 0.25) is 0 Å². The second-order valence-corrected chi connectivity index (χ2v) is 4.74. The van der Waals surface area contributed by atoms with Crippen molar-refractivity contribution >= 4 is 5.91 Å². The molecule has 15 heavy (non-hydrogen) atoms. The number of aliphatic hydroxyl groups is 1. The molecule has 1 amide bonds. The molecule has 1 saturated carbocycles. The van der Waals surface area contributed by atoms with E-state index in [9.17, 15) is 9.90 Å². The molecule has 0 bridgehead atoms. The maximum Gasteiger partial charge on any atom is 0.252 e. The lowest BCUT2D eigenvalue weighted by Gasteiger charge is -2.32.